The van der Waals surface area contributed by atoms with Crippen LogP contribution in [0.5, 0.6) is 0 Å². The van der Waals surface area contributed by atoms with E-state index >= 15 is 0 Å². The highest BCUT2D eigenvalue weighted by molar-refractivity contribution is 6.30. The summed E-state index contributed by atoms with van der Waals surface area (Å²) in [7, 11) is 0. The number of para-hydroxylation sites is 1. The number of ether oxygens (including phenoxy) is 1. The molecule has 1 aromatic heterocycles. The lowest BCUT2D eigenvalue weighted by Crippen LogP contribution is -2.44. The van der Waals surface area contributed by atoms with E-state index in [1.165, 1.54) is 0 Å². The number of nitrogens with zero attached hydrogens (tertiary/aromatic N) is 1. The molecular formula is C25H22ClN3O3. The first kappa shape index (κ1) is 19.6. The minimum absolute atomic E-state index is 0.0732. The van der Waals surface area contributed by atoms with Gasteiger partial charge in [0, 0.05) is 34.4 Å². The summed E-state index contributed by atoms with van der Waals surface area (Å²) in [6, 6.07) is 15.3. The Morgan fingerprint density at radius 1 is 1.22 bits per heavy atom. The van der Waals surface area contributed by atoms with Crippen LogP contribution in [0.15, 0.2) is 66.9 Å². The Morgan fingerprint density at radius 2 is 2.03 bits per heavy atom. The molecule has 6 nitrogen and oxygen atoms in total. The van der Waals surface area contributed by atoms with Gasteiger partial charge in [0.1, 0.15) is 5.60 Å². The molecule has 2 aromatic carbocycles. The molecule has 3 aliphatic heterocycles. The van der Waals surface area contributed by atoms with Gasteiger partial charge in [-0.05, 0) is 42.3 Å². The van der Waals surface area contributed by atoms with E-state index in [1.807, 2.05) is 48.7 Å². The first-order valence-corrected chi connectivity index (χ1v) is 11.2. The second kappa shape index (κ2) is 7.22. The largest absolute Gasteiger partial charge is 0.361 e. The van der Waals surface area contributed by atoms with E-state index in [2.05, 4.69) is 16.4 Å². The SMILES string of the molecule is O=C(NCCc1c[nH]c2ccccc12)[C@H]1[C@@H]2C=C[C@]3(CN(c4ccc(Cl)cc4)C(=O)[C@H]13)O2. The highest BCUT2D eigenvalue weighted by Gasteiger charge is 2.67. The van der Waals surface area contributed by atoms with Gasteiger partial charge < -0.3 is 19.9 Å². The maximum atomic E-state index is 13.4. The molecule has 4 atom stereocenters. The maximum absolute atomic E-state index is 13.4. The quantitative estimate of drug-likeness (QED) is 0.588. The van der Waals surface area contributed by atoms with Gasteiger partial charge in [-0.25, -0.2) is 0 Å². The van der Waals surface area contributed by atoms with E-state index < -0.39 is 17.4 Å². The van der Waals surface area contributed by atoms with Crippen molar-refractivity contribution in [3.8, 4) is 0 Å². The van der Waals surface area contributed by atoms with Crippen molar-refractivity contribution in [3.63, 3.8) is 0 Å². The van der Waals surface area contributed by atoms with Crippen LogP contribution in [0.4, 0.5) is 5.69 Å². The molecule has 2 bridgehead atoms. The first-order valence-electron chi connectivity index (χ1n) is 10.8. The molecule has 4 heterocycles. The van der Waals surface area contributed by atoms with Gasteiger partial charge in [0.05, 0.1) is 24.5 Å². The van der Waals surface area contributed by atoms with E-state index in [4.69, 9.17) is 16.3 Å². The number of carbonyl (C=O) groups is 2. The average molecular weight is 448 g/mol. The minimum Gasteiger partial charge on any atom is -0.361 e. The van der Waals surface area contributed by atoms with E-state index in [0.29, 0.717) is 24.5 Å². The number of aromatic nitrogens is 1. The lowest BCUT2D eigenvalue weighted by Gasteiger charge is -2.23. The van der Waals surface area contributed by atoms with Gasteiger partial charge >= 0.3 is 0 Å². The second-order valence-corrected chi connectivity index (χ2v) is 9.14. The molecule has 32 heavy (non-hydrogen) atoms. The molecule has 2 fully saturated rings. The van der Waals surface area contributed by atoms with Crippen LogP contribution in [0.25, 0.3) is 10.9 Å². The topological polar surface area (TPSA) is 74.4 Å². The van der Waals surface area contributed by atoms with E-state index in [9.17, 15) is 9.59 Å². The number of carbonyl (C=O) groups excluding carboxylic acids is 2. The monoisotopic (exact) mass is 447 g/mol. The summed E-state index contributed by atoms with van der Waals surface area (Å²) in [5, 5.41) is 4.83. The third-order valence-electron chi connectivity index (χ3n) is 6.91. The van der Waals surface area contributed by atoms with Gasteiger partial charge in [-0.1, -0.05) is 42.0 Å². The van der Waals surface area contributed by atoms with Gasteiger partial charge in [0.25, 0.3) is 0 Å². The van der Waals surface area contributed by atoms with Crippen molar-refractivity contribution in [1.29, 1.82) is 0 Å². The zero-order chi connectivity index (χ0) is 21.9. The van der Waals surface area contributed by atoms with Crippen molar-refractivity contribution >= 4 is 40.0 Å². The second-order valence-electron chi connectivity index (χ2n) is 8.70. The van der Waals surface area contributed by atoms with Crippen molar-refractivity contribution in [3.05, 3.63) is 77.5 Å². The van der Waals surface area contributed by atoms with Crippen molar-refractivity contribution in [2.75, 3.05) is 18.0 Å². The Hall–Kier alpha value is -3.09. The number of aromatic amines is 1. The molecule has 0 radical (unpaired) electrons. The molecule has 2 amide bonds. The van der Waals surface area contributed by atoms with Crippen LogP contribution in [0.3, 0.4) is 0 Å². The number of benzene rings is 2. The van der Waals surface area contributed by atoms with Gasteiger partial charge in [0.2, 0.25) is 11.8 Å². The van der Waals surface area contributed by atoms with Gasteiger partial charge in [-0.15, -0.1) is 0 Å². The average Bonchev–Trinajstić information content (AvgIpc) is 3.54. The molecule has 6 rings (SSSR count). The molecular weight excluding hydrogens is 426 g/mol. The van der Waals surface area contributed by atoms with E-state index in [0.717, 1.165) is 22.2 Å². The highest BCUT2D eigenvalue weighted by Crippen LogP contribution is 2.52. The smallest absolute Gasteiger partial charge is 0.234 e. The molecule has 162 valence electrons. The Balaban J connectivity index is 1.18. The van der Waals surface area contributed by atoms with Crippen molar-refractivity contribution in [2.45, 2.75) is 18.1 Å². The molecule has 2 N–H and O–H groups in total. The fourth-order valence-corrected chi connectivity index (χ4v) is 5.54. The lowest BCUT2D eigenvalue weighted by atomic mass is 9.77. The number of hydrogen-bond donors (Lipinski definition) is 2. The number of H-pyrrole nitrogens is 1. The van der Waals surface area contributed by atoms with Gasteiger partial charge in [-0.3, -0.25) is 9.59 Å². The highest BCUT2D eigenvalue weighted by atomic mass is 35.5. The van der Waals surface area contributed by atoms with Crippen molar-refractivity contribution < 1.29 is 14.3 Å². The predicted octanol–water partition coefficient (Wildman–Crippen LogP) is 3.47. The molecule has 0 aliphatic carbocycles. The van der Waals surface area contributed by atoms with Crippen LogP contribution in [0.2, 0.25) is 5.02 Å². The standard InChI is InChI=1S/C25H22ClN3O3/c26-16-5-7-17(8-6-16)29-14-25-11-9-20(32-25)21(22(25)24(29)31)23(30)27-12-10-15-13-28-19-4-2-1-3-18(15)19/h1-9,11,13,20-22,28H,10,12,14H2,(H,27,30)/t20-,21-,22-,25+/m0/s1. The molecule has 3 aromatic rings. The number of fused-ring (bicyclic) bond motifs is 2. The van der Waals surface area contributed by atoms with Crippen LogP contribution in [0.1, 0.15) is 5.56 Å². The normalized spacial score (nSPS) is 28.0. The molecule has 0 saturated carbocycles. The zero-order valence-corrected chi connectivity index (χ0v) is 18.0. The van der Waals surface area contributed by atoms with E-state index in [-0.39, 0.29) is 17.9 Å². The summed E-state index contributed by atoms with van der Waals surface area (Å²) < 4.78 is 6.21. The fourth-order valence-electron chi connectivity index (χ4n) is 5.41. The Morgan fingerprint density at radius 3 is 2.88 bits per heavy atom. The van der Waals surface area contributed by atoms with Crippen LogP contribution < -0.4 is 10.2 Å². The van der Waals surface area contributed by atoms with Gasteiger partial charge in [0.15, 0.2) is 0 Å². The summed E-state index contributed by atoms with van der Waals surface area (Å²) >= 11 is 6.00. The summed E-state index contributed by atoms with van der Waals surface area (Å²) in [6.45, 7) is 0.909. The number of hydrogen-bond acceptors (Lipinski definition) is 3. The van der Waals surface area contributed by atoms with Crippen LogP contribution >= 0.6 is 11.6 Å². The summed E-state index contributed by atoms with van der Waals surface area (Å²) in [5.74, 6) is -1.23. The van der Waals surface area contributed by atoms with Crippen molar-refractivity contribution in [1.82, 2.24) is 10.3 Å². The van der Waals surface area contributed by atoms with Crippen LogP contribution in [-0.4, -0.2) is 41.6 Å². The Labute approximate surface area is 190 Å². The first-order chi connectivity index (χ1) is 15.6. The maximum Gasteiger partial charge on any atom is 0.234 e. The Bertz CT molecular complexity index is 1250. The zero-order valence-electron chi connectivity index (χ0n) is 17.3. The third-order valence-corrected chi connectivity index (χ3v) is 7.16. The summed E-state index contributed by atoms with van der Waals surface area (Å²) in [4.78, 5) is 31.5. The fraction of sp³-hybridized carbons (Fsp3) is 0.280. The number of halogens is 1. The molecule has 7 heteroatoms. The summed E-state index contributed by atoms with van der Waals surface area (Å²) in [5.41, 5.74) is 2.27. The summed E-state index contributed by atoms with van der Waals surface area (Å²) in [6.07, 6.45) is 6.24. The van der Waals surface area contributed by atoms with E-state index in [1.54, 1.807) is 17.0 Å². The lowest BCUT2D eigenvalue weighted by molar-refractivity contribution is -0.131. The number of anilines is 1. The number of amides is 2. The van der Waals surface area contributed by atoms with Crippen molar-refractivity contribution in [2.24, 2.45) is 11.8 Å². The Kier molecular flexibility index (Phi) is 4.42. The third kappa shape index (κ3) is 2.90. The number of nitrogens with one attached hydrogen (secondary N) is 2. The molecule has 2 saturated heterocycles. The predicted molar refractivity (Wildman–Crippen MR) is 123 cm³/mol. The van der Waals surface area contributed by atoms with Crippen LogP contribution in [0, 0.1) is 11.8 Å². The molecule has 1 spiro atoms. The van der Waals surface area contributed by atoms with Crippen LogP contribution in [-0.2, 0) is 20.7 Å². The molecule has 3 aliphatic rings. The molecule has 0 unspecified atom stereocenters. The number of rotatable bonds is 5. The van der Waals surface area contributed by atoms with Gasteiger partial charge in [-0.2, -0.15) is 0 Å². The minimum atomic E-state index is -0.736.